The van der Waals surface area contributed by atoms with Crippen molar-refractivity contribution >= 4 is 5.78 Å². The van der Waals surface area contributed by atoms with E-state index in [1.165, 1.54) is 0 Å². The Morgan fingerprint density at radius 2 is 1.50 bits per heavy atom. The van der Waals surface area contributed by atoms with Gasteiger partial charge in [-0.15, -0.1) is 0 Å². The van der Waals surface area contributed by atoms with Gasteiger partial charge in [0.1, 0.15) is 11.5 Å². The Morgan fingerprint density at radius 1 is 0.950 bits per heavy atom. The SMILES string of the molecule is COc1ccc(C(=O)C(C)Oc2ccc(C)cc2)cc1. The molecule has 2 aromatic carbocycles. The number of rotatable bonds is 5. The zero-order valence-electron chi connectivity index (χ0n) is 11.9. The van der Waals surface area contributed by atoms with Crippen LogP contribution >= 0.6 is 0 Å². The van der Waals surface area contributed by atoms with E-state index in [0.29, 0.717) is 11.3 Å². The fourth-order valence-corrected chi connectivity index (χ4v) is 1.86. The van der Waals surface area contributed by atoms with Crippen molar-refractivity contribution in [2.24, 2.45) is 0 Å². The van der Waals surface area contributed by atoms with Crippen LogP contribution in [-0.4, -0.2) is 19.0 Å². The summed E-state index contributed by atoms with van der Waals surface area (Å²) >= 11 is 0. The van der Waals surface area contributed by atoms with Crippen molar-refractivity contribution in [3.8, 4) is 11.5 Å². The van der Waals surface area contributed by atoms with Gasteiger partial charge >= 0.3 is 0 Å². The maximum atomic E-state index is 12.2. The number of carbonyl (C=O) groups is 1. The fourth-order valence-electron chi connectivity index (χ4n) is 1.86. The minimum atomic E-state index is -0.522. The lowest BCUT2D eigenvalue weighted by Crippen LogP contribution is -2.23. The van der Waals surface area contributed by atoms with Crippen molar-refractivity contribution in [2.75, 3.05) is 7.11 Å². The predicted octanol–water partition coefficient (Wildman–Crippen LogP) is 3.65. The number of benzene rings is 2. The van der Waals surface area contributed by atoms with Gasteiger partial charge in [-0.25, -0.2) is 0 Å². The van der Waals surface area contributed by atoms with Gasteiger partial charge in [-0.05, 0) is 50.2 Å². The zero-order chi connectivity index (χ0) is 14.5. The third-order valence-electron chi connectivity index (χ3n) is 3.08. The largest absolute Gasteiger partial charge is 0.497 e. The van der Waals surface area contributed by atoms with E-state index in [4.69, 9.17) is 9.47 Å². The Morgan fingerprint density at radius 3 is 2.05 bits per heavy atom. The van der Waals surface area contributed by atoms with E-state index in [0.717, 1.165) is 11.3 Å². The molecule has 0 spiro atoms. The summed E-state index contributed by atoms with van der Waals surface area (Å²) in [5.41, 5.74) is 1.77. The molecule has 0 fully saturated rings. The Bertz CT molecular complexity index is 570. The first-order chi connectivity index (χ1) is 9.60. The van der Waals surface area contributed by atoms with Crippen LogP contribution < -0.4 is 9.47 Å². The highest BCUT2D eigenvalue weighted by Gasteiger charge is 2.16. The summed E-state index contributed by atoms with van der Waals surface area (Å²) < 4.78 is 10.7. The van der Waals surface area contributed by atoms with Gasteiger partial charge in [0.05, 0.1) is 7.11 Å². The number of aryl methyl sites for hydroxylation is 1. The molecule has 0 bridgehead atoms. The molecule has 0 aromatic heterocycles. The maximum absolute atomic E-state index is 12.2. The number of hydrogen-bond acceptors (Lipinski definition) is 3. The van der Waals surface area contributed by atoms with E-state index >= 15 is 0 Å². The fraction of sp³-hybridized carbons (Fsp3) is 0.235. The van der Waals surface area contributed by atoms with E-state index in [1.807, 2.05) is 31.2 Å². The molecule has 0 aliphatic rings. The average Bonchev–Trinajstić information content (AvgIpc) is 2.49. The molecule has 0 heterocycles. The van der Waals surface area contributed by atoms with Crippen LogP contribution in [0.5, 0.6) is 11.5 Å². The number of Topliss-reactive ketones (excluding diaryl/α,β-unsaturated/α-hetero) is 1. The summed E-state index contributed by atoms with van der Waals surface area (Å²) in [6.45, 7) is 3.77. The number of ether oxygens (including phenoxy) is 2. The smallest absolute Gasteiger partial charge is 0.202 e. The molecule has 0 saturated heterocycles. The highest BCUT2D eigenvalue weighted by Crippen LogP contribution is 2.17. The lowest BCUT2D eigenvalue weighted by Gasteiger charge is -2.14. The van der Waals surface area contributed by atoms with Crippen molar-refractivity contribution in [3.05, 3.63) is 59.7 Å². The summed E-state index contributed by atoms with van der Waals surface area (Å²) in [6, 6.07) is 14.7. The predicted molar refractivity (Wildman–Crippen MR) is 78.6 cm³/mol. The quantitative estimate of drug-likeness (QED) is 0.778. The van der Waals surface area contributed by atoms with Crippen molar-refractivity contribution in [1.82, 2.24) is 0 Å². The number of hydrogen-bond donors (Lipinski definition) is 0. The lowest BCUT2D eigenvalue weighted by molar-refractivity contribution is 0.0818. The van der Waals surface area contributed by atoms with Gasteiger partial charge in [0.25, 0.3) is 0 Å². The standard InChI is InChI=1S/C17H18O3/c1-12-4-8-16(9-5-12)20-13(2)17(18)14-6-10-15(19-3)11-7-14/h4-11,13H,1-3H3. The summed E-state index contributed by atoms with van der Waals surface area (Å²) in [5, 5.41) is 0. The summed E-state index contributed by atoms with van der Waals surface area (Å²) in [6.07, 6.45) is -0.522. The van der Waals surface area contributed by atoms with Gasteiger partial charge in [0.2, 0.25) is 5.78 Å². The second-order valence-electron chi connectivity index (χ2n) is 4.67. The van der Waals surface area contributed by atoms with Crippen LogP contribution in [0.15, 0.2) is 48.5 Å². The zero-order valence-corrected chi connectivity index (χ0v) is 11.9. The van der Waals surface area contributed by atoms with Crippen molar-refractivity contribution in [2.45, 2.75) is 20.0 Å². The van der Waals surface area contributed by atoms with Gasteiger partial charge in [0.15, 0.2) is 6.10 Å². The van der Waals surface area contributed by atoms with Crippen molar-refractivity contribution in [1.29, 1.82) is 0 Å². The molecule has 20 heavy (non-hydrogen) atoms. The van der Waals surface area contributed by atoms with Gasteiger partial charge in [0, 0.05) is 5.56 Å². The first kappa shape index (κ1) is 14.1. The second-order valence-corrected chi connectivity index (χ2v) is 4.67. The number of carbonyl (C=O) groups excluding carboxylic acids is 1. The van der Waals surface area contributed by atoms with Gasteiger partial charge in [-0.2, -0.15) is 0 Å². The van der Waals surface area contributed by atoms with E-state index in [9.17, 15) is 4.79 Å². The molecule has 0 amide bonds. The Kier molecular flexibility index (Phi) is 4.41. The molecular weight excluding hydrogens is 252 g/mol. The monoisotopic (exact) mass is 270 g/mol. The lowest BCUT2D eigenvalue weighted by atomic mass is 10.1. The Balaban J connectivity index is 2.05. The number of ketones is 1. The van der Waals surface area contributed by atoms with Crippen LogP contribution in [0.1, 0.15) is 22.8 Å². The normalized spacial score (nSPS) is 11.8. The molecule has 0 N–H and O–H groups in total. The second kappa shape index (κ2) is 6.24. The molecule has 2 rings (SSSR count). The molecule has 0 aliphatic heterocycles. The molecule has 0 radical (unpaired) electrons. The highest BCUT2D eigenvalue weighted by molar-refractivity contribution is 5.99. The topological polar surface area (TPSA) is 35.5 Å². The maximum Gasteiger partial charge on any atom is 0.202 e. The molecule has 1 unspecified atom stereocenters. The van der Waals surface area contributed by atoms with E-state index in [-0.39, 0.29) is 5.78 Å². The molecule has 0 saturated carbocycles. The van der Waals surface area contributed by atoms with Crippen LogP contribution in [0.2, 0.25) is 0 Å². The van der Waals surface area contributed by atoms with Gasteiger partial charge in [-0.1, -0.05) is 17.7 Å². The molecule has 0 aliphatic carbocycles. The van der Waals surface area contributed by atoms with Crippen LogP contribution in [0.25, 0.3) is 0 Å². The first-order valence-electron chi connectivity index (χ1n) is 6.52. The van der Waals surface area contributed by atoms with Crippen LogP contribution in [0, 0.1) is 6.92 Å². The molecule has 3 nitrogen and oxygen atoms in total. The molecule has 1 atom stereocenters. The molecular formula is C17H18O3. The summed E-state index contributed by atoms with van der Waals surface area (Å²) in [7, 11) is 1.60. The molecule has 104 valence electrons. The van der Waals surface area contributed by atoms with Crippen molar-refractivity contribution < 1.29 is 14.3 Å². The Labute approximate surface area is 119 Å². The van der Waals surface area contributed by atoms with Gasteiger partial charge < -0.3 is 9.47 Å². The third-order valence-corrected chi connectivity index (χ3v) is 3.08. The average molecular weight is 270 g/mol. The summed E-state index contributed by atoms with van der Waals surface area (Å²) in [5.74, 6) is 1.38. The Hall–Kier alpha value is -2.29. The first-order valence-corrected chi connectivity index (χ1v) is 6.52. The van der Waals surface area contributed by atoms with E-state index in [2.05, 4.69) is 0 Å². The summed E-state index contributed by atoms with van der Waals surface area (Å²) in [4.78, 5) is 12.2. The molecule has 3 heteroatoms. The van der Waals surface area contributed by atoms with E-state index < -0.39 is 6.10 Å². The number of methoxy groups -OCH3 is 1. The van der Waals surface area contributed by atoms with Crippen LogP contribution in [0.3, 0.4) is 0 Å². The molecule has 2 aromatic rings. The minimum Gasteiger partial charge on any atom is -0.497 e. The van der Waals surface area contributed by atoms with Crippen LogP contribution in [0.4, 0.5) is 0 Å². The highest BCUT2D eigenvalue weighted by atomic mass is 16.5. The van der Waals surface area contributed by atoms with E-state index in [1.54, 1.807) is 38.3 Å². The van der Waals surface area contributed by atoms with Crippen LogP contribution in [-0.2, 0) is 0 Å². The third kappa shape index (κ3) is 3.38. The minimum absolute atomic E-state index is 0.0479. The van der Waals surface area contributed by atoms with Gasteiger partial charge in [-0.3, -0.25) is 4.79 Å². The van der Waals surface area contributed by atoms with Crippen molar-refractivity contribution in [3.63, 3.8) is 0 Å².